The fourth-order valence-electron chi connectivity index (χ4n) is 1.55. The van der Waals surface area contributed by atoms with Gasteiger partial charge < -0.3 is 5.73 Å². The van der Waals surface area contributed by atoms with E-state index in [2.05, 4.69) is 22.3 Å². The fourth-order valence-corrected chi connectivity index (χ4v) is 3.21. The molecule has 2 rings (SSSR count). The molecule has 0 fully saturated rings. The first-order valence-electron chi connectivity index (χ1n) is 5.29. The first-order valence-corrected chi connectivity index (χ1v) is 6.99. The molecule has 5 heteroatoms. The van der Waals surface area contributed by atoms with Crippen LogP contribution >= 0.6 is 22.7 Å². The lowest BCUT2D eigenvalue weighted by molar-refractivity contribution is 0.826. The molecule has 0 saturated carbocycles. The standard InChI is InChI=1S/C11H15N3S2/c1-7-11(13-8(2)16-7)9-6-15-10(14-9)4-3-5-12/h6H,3-5,12H2,1-2H3. The van der Waals surface area contributed by atoms with Crippen LogP contribution in [0.5, 0.6) is 0 Å². The molecule has 0 spiro atoms. The number of nitrogens with two attached hydrogens (primary N) is 1. The Kier molecular flexibility index (Phi) is 3.68. The van der Waals surface area contributed by atoms with Gasteiger partial charge in [0, 0.05) is 16.7 Å². The van der Waals surface area contributed by atoms with E-state index in [0.29, 0.717) is 0 Å². The van der Waals surface area contributed by atoms with E-state index in [-0.39, 0.29) is 0 Å². The quantitative estimate of drug-likeness (QED) is 0.911. The van der Waals surface area contributed by atoms with Crippen LogP contribution in [-0.2, 0) is 6.42 Å². The molecule has 2 heterocycles. The number of thiazole rings is 2. The van der Waals surface area contributed by atoms with E-state index in [9.17, 15) is 0 Å². The minimum Gasteiger partial charge on any atom is -0.330 e. The van der Waals surface area contributed by atoms with Crippen molar-refractivity contribution in [2.75, 3.05) is 6.54 Å². The lowest BCUT2D eigenvalue weighted by Crippen LogP contribution is -1.99. The summed E-state index contributed by atoms with van der Waals surface area (Å²) in [7, 11) is 0. The minimum absolute atomic E-state index is 0.726. The zero-order valence-corrected chi connectivity index (χ0v) is 11.1. The lowest BCUT2D eigenvalue weighted by Gasteiger charge is -1.93. The predicted molar refractivity (Wildman–Crippen MR) is 70.1 cm³/mol. The normalized spacial score (nSPS) is 10.9. The van der Waals surface area contributed by atoms with Crippen molar-refractivity contribution in [2.45, 2.75) is 26.7 Å². The second-order valence-corrected chi connectivity index (χ2v) is 6.01. The van der Waals surface area contributed by atoms with Crippen LogP contribution < -0.4 is 5.73 Å². The maximum Gasteiger partial charge on any atom is 0.104 e. The van der Waals surface area contributed by atoms with Crippen molar-refractivity contribution in [1.82, 2.24) is 9.97 Å². The fraction of sp³-hybridized carbons (Fsp3) is 0.455. The first-order chi connectivity index (χ1) is 7.70. The Morgan fingerprint density at radius 3 is 2.75 bits per heavy atom. The van der Waals surface area contributed by atoms with Crippen molar-refractivity contribution in [3.63, 3.8) is 0 Å². The van der Waals surface area contributed by atoms with Gasteiger partial charge in [0.2, 0.25) is 0 Å². The molecule has 0 aliphatic rings. The molecular weight excluding hydrogens is 238 g/mol. The highest BCUT2D eigenvalue weighted by molar-refractivity contribution is 7.12. The molecule has 86 valence electrons. The third-order valence-corrected chi connectivity index (χ3v) is 4.09. The molecule has 0 aliphatic carbocycles. The summed E-state index contributed by atoms with van der Waals surface area (Å²) < 4.78 is 0. The van der Waals surface area contributed by atoms with Gasteiger partial charge in [0.05, 0.1) is 10.0 Å². The summed E-state index contributed by atoms with van der Waals surface area (Å²) >= 11 is 3.42. The van der Waals surface area contributed by atoms with Gasteiger partial charge in [0.1, 0.15) is 11.4 Å². The number of nitrogens with zero attached hydrogens (tertiary/aromatic N) is 2. The maximum absolute atomic E-state index is 5.49. The van der Waals surface area contributed by atoms with E-state index in [1.54, 1.807) is 22.7 Å². The molecule has 0 aliphatic heterocycles. The lowest BCUT2D eigenvalue weighted by atomic mass is 10.3. The van der Waals surface area contributed by atoms with E-state index in [1.165, 1.54) is 4.88 Å². The zero-order valence-electron chi connectivity index (χ0n) is 9.49. The van der Waals surface area contributed by atoms with E-state index in [1.807, 2.05) is 6.92 Å². The first kappa shape index (κ1) is 11.7. The van der Waals surface area contributed by atoms with Crippen molar-refractivity contribution < 1.29 is 0 Å². The molecule has 2 aromatic rings. The molecule has 2 N–H and O–H groups in total. The molecule has 0 amide bonds. The summed E-state index contributed by atoms with van der Waals surface area (Å²) in [5, 5.41) is 4.35. The summed E-state index contributed by atoms with van der Waals surface area (Å²) in [5.74, 6) is 0. The van der Waals surface area contributed by atoms with E-state index in [4.69, 9.17) is 5.73 Å². The molecule has 16 heavy (non-hydrogen) atoms. The number of hydrogen-bond donors (Lipinski definition) is 1. The Balaban J connectivity index is 2.21. The minimum atomic E-state index is 0.726. The van der Waals surface area contributed by atoms with Crippen LogP contribution in [0.25, 0.3) is 11.4 Å². The molecule has 0 bridgehead atoms. The van der Waals surface area contributed by atoms with Crippen LogP contribution in [-0.4, -0.2) is 16.5 Å². The monoisotopic (exact) mass is 253 g/mol. The second kappa shape index (κ2) is 5.03. The van der Waals surface area contributed by atoms with Gasteiger partial charge >= 0.3 is 0 Å². The zero-order chi connectivity index (χ0) is 11.5. The van der Waals surface area contributed by atoms with Gasteiger partial charge in [-0.2, -0.15) is 0 Å². The van der Waals surface area contributed by atoms with Gasteiger partial charge in [-0.15, -0.1) is 22.7 Å². The molecule has 0 radical (unpaired) electrons. The molecule has 0 saturated heterocycles. The largest absolute Gasteiger partial charge is 0.330 e. The SMILES string of the molecule is Cc1nc(-c2csc(CCCN)n2)c(C)s1. The van der Waals surface area contributed by atoms with Gasteiger partial charge in [-0.1, -0.05) is 0 Å². The summed E-state index contributed by atoms with van der Waals surface area (Å²) in [6.45, 7) is 4.85. The molecule has 0 unspecified atom stereocenters. The number of rotatable bonds is 4. The van der Waals surface area contributed by atoms with Crippen LogP contribution in [0, 0.1) is 13.8 Å². The summed E-state index contributed by atoms with van der Waals surface area (Å²) in [4.78, 5) is 10.4. The highest BCUT2D eigenvalue weighted by Gasteiger charge is 2.11. The van der Waals surface area contributed by atoms with Crippen molar-refractivity contribution in [3.8, 4) is 11.4 Å². The molecule has 0 atom stereocenters. The average molecular weight is 253 g/mol. The van der Waals surface area contributed by atoms with Crippen LogP contribution in [0.3, 0.4) is 0 Å². The summed E-state index contributed by atoms with van der Waals surface area (Å²) in [5.41, 5.74) is 7.54. The van der Waals surface area contributed by atoms with E-state index in [0.717, 1.165) is 40.8 Å². The van der Waals surface area contributed by atoms with Crippen LogP contribution in [0.15, 0.2) is 5.38 Å². The Labute approximate surface area is 103 Å². The van der Waals surface area contributed by atoms with Gasteiger partial charge in [-0.05, 0) is 26.8 Å². The maximum atomic E-state index is 5.49. The number of aromatic nitrogens is 2. The third kappa shape index (κ3) is 2.48. The Morgan fingerprint density at radius 2 is 2.12 bits per heavy atom. The molecule has 0 aromatic carbocycles. The van der Waals surface area contributed by atoms with Crippen molar-refractivity contribution in [2.24, 2.45) is 5.73 Å². The second-order valence-electron chi connectivity index (χ2n) is 3.66. The van der Waals surface area contributed by atoms with Gasteiger partial charge in [0.15, 0.2) is 0 Å². The van der Waals surface area contributed by atoms with Crippen LogP contribution in [0.1, 0.15) is 21.3 Å². The van der Waals surface area contributed by atoms with Gasteiger partial charge in [0.25, 0.3) is 0 Å². The molecule has 2 aromatic heterocycles. The Hall–Kier alpha value is -0.780. The predicted octanol–water partition coefficient (Wildman–Crippen LogP) is 2.77. The topological polar surface area (TPSA) is 51.8 Å². The Morgan fingerprint density at radius 1 is 1.31 bits per heavy atom. The van der Waals surface area contributed by atoms with Crippen LogP contribution in [0.2, 0.25) is 0 Å². The highest BCUT2D eigenvalue weighted by atomic mass is 32.1. The number of hydrogen-bond acceptors (Lipinski definition) is 5. The summed E-state index contributed by atoms with van der Waals surface area (Å²) in [6, 6.07) is 0. The van der Waals surface area contributed by atoms with Crippen LogP contribution in [0.4, 0.5) is 0 Å². The van der Waals surface area contributed by atoms with E-state index < -0.39 is 0 Å². The van der Waals surface area contributed by atoms with E-state index >= 15 is 0 Å². The highest BCUT2D eigenvalue weighted by Crippen LogP contribution is 2.28. The smallest absolute Gasteiger partial charge is 0.104 e. The van der Waals surface area contributed by atoms with Crippen molar-refractivity contribution in [1.29, 1.82) is 0 Å². The van der Waals surface area contributed by atoms with Gasteiger partial charge in [-0.25, -0.2) is 9.97 Å². The van der Waals surface area contributed by atoms with Crippen molar-refractivity contribution >= 4 is 22.7 Å². The van der Waals surface area contributed by atoms with Gasteiger partial charge in [-0.3, -0.25) is 0 Å². The molecular formula is C11H15N3S2. The Bertz CT molecular complexity index is 473. The summed E-state index contributed by atoms with van der Waals surface area (Å²) in [6.07, 6.45) is 1.98. The average Bonchev–Trinajstić information content (AvgIpc) is 2.82. The number of aryl methyl sites for hydroxylation is 3. The molecule has 3 nitrogen and oxygen atoms in total. The third-order valence-electron chi connectivity index (χ3n) is 2.29. The van der Waals surface area contributed by atoms with Crippen molar-refractivity contribution in [3.05, 3.63) is 20.3 Å².